The Morgan fingerprint density at radius 1 is 1.23 bits per heavy atom. The first-order valence-corrected chi connectivity index (χ1v) is 10.0. The van der Waals surface area contributed by atoms with Gasteiger partial charge in [0.2, 0.25) is 0 Å². The van der Waals surface area contributed by atoms with E-state index < -0.39 is 10.0 Å². The molecule has 138 valence electrons. The molecule has 26 heavy (non-hydrogen) atoms. The second-order valence-corrected chi connectivity index (χ2v) is 8.19. The number of benzene rings is 2. The van der Waals surface area contributed by atoms with E-state index in [0.717, 1.165) is 0 Å². The van der Waals surface area contributed by atoms with Gasteiger partial charge in [-0.1, -0.05) is 17.7 Å². The van der Waals surface area contributed by atoms with Gasteiger partial charge in [-0.2, -0.15) is 0 Å². The lowest BCUT2D eigenvalue weighted by atomic mass is 10.2. The minimum atomic E-state index is -3.81. The lowest BCUT2D eigenvalue weighted by molar-refractivity contribution is -0.0124. The summed E-state index contributed by atoms with van der Waals surface area (Å²) in [6, 6.07) is 12.4. The van der Waals surface area contributed by atoms with Crippen molar-refractivity contribution in [3.63, 3.8) is 0 Å². The average Bonchev–Trinajstić information content (AvgIpc) is 2.63. The molecule has 0 bridgehead atoms. The molecular formula is C18H19ClN2O4S. The minimum absolute atomic E-state index is 0.0274. The fourth-order valence-corrected chi connectivity index (χ4v) is 3.94. The van der Waals surface area contributed by atoms with E-state index in [1.54, 1.807) is 41.3 Å². The second kappa shape index (κ2) is 7.65. The lowest BCUT2D eigenvalue weighted by Gasteiger charge is -2.31. The standard InChI is InChI=1S/C18H19ClN2O4S/c1-13-12-21(9-10-25-13)18(22)14-3-2-4-17(11-14)26(23,24)20-16-7-5-15(19)6-8-16/h2-8,11,13,20H,9-10,12H2,1H3. The third-order valence-electron chi connectivity index (χ3n) is 4.02. The molecule has 0 saturated carbocycles. The van der Waals surface area contributed by atoms with Crippen molar-refractivity contribution in [1.29, 1.82) is 0 Å². The van der Waals surface area contributed by atoms with Crippen LogP contribution in [0.1, 0.15) is 17.3 Å². The maximum atomic E-state index is 12.7. The molecule has 1 amide bonds. The van der Waals surface area contributed by atoms with Crippen molar-refractivity contribution in [3.8, 4) is 0 Å². The zero-order valence-corrected chi connectivity index (χ0v) is 15.8. The largest absolute Gasteiger partial charge is 0.375 e. The van der Waals surface area contributed by atoms with E-state index in [1.165, 1.54) is 12.1 Å². The Balaban J connectivity index is 1.81. The second-order valence-electron chi connectivity index (χ2n) is 6.07. The molecule has 6 nitrogen and oxygen atoms in total. The van der Waals surface area contributed by atoms with E-state index in [0.29, 0.717) is 36.0 Å². The minimum Gasteiger partial charge on any atom is -0.375 e. The Morgan fingerprint density at radius 2 is 1.96 bits per heavy atom. The van der Waals surface area contributed by atoms with Gasteiger partial charge in [-0.25, -0.2) is 8.42 Å². The van der Waals surface area contributed by atoms with Crippen molar-refractivity contribution in [2.75, 3.05) is 24.4 Å². The SMILES string of the molecule is CC1CN(C(=O)c2cccc(S(=O)(=O)Nc3ccc(Cl)cc3)c2)CCO1. The maximum absolute atomic E-state index is 12.7. The number of anilines is 1. The highest BCUT2D eigenvalue weighted by atomic mass is 35.5. The summed E-state index contributed by atoms with van der Waals surface area (Å²) in [7, 11) is -3.81. The van der Waals surface area contributed by atoms with Crippen LogP contribution in [0.25, 0.3) is 0 Å². The first-order valence-electron chi connectivity index (χ1n) is 8.14. The number of morpholine rings is 1. The highest BCUT2D eigenvalue weighted by Crippen LogP contribution is 2.20. The van der Waals surface area contributed by atoms with Crippen LogP contribution in [-0.2, 0) is 14.8 Å². The molecule has 1 atom stereocenters. The third-order valence-corrected chi connectivity index (χ3v) is 5.65. The van der Waals surface area contributed by atoms with Crippen LogP contribution in [0.15, 0.2) is 53.4 Å². The Bertz CT molecular complexity index is 900. The van der Waals surface area contributed by atoms with Crippen LogP contribution in [0.2, 0.25) is 5.02 Å². The van der Waals surface area contributed by atoms with Crippen LogP contribution in [0.5, 0.6) is 0 Å². The van der Waals surface area contributed by atoms with E-state index in [2.05, 4.69) is 4.72 Å². The lowest BCUT2D eigenvalue weighted by Crippen LogP contribution is -2.44. The summed E-state index contributed by atoms with van der Waals surface area (Å²) >= 11 is 5.81. The number of hydrogen-bond acceptors (Lipinski definition) is 4. The molecule has 1 N–H and O–H groups in total. The molecule has 8 heteroatoms. The molecular weight excluding hydrogens is 376 g/mol. The number of amides is 1. The van der Waals surface area contributed by atoms with Crippen LogP contribution in [0.3, 0.4) is 0 Å². The number of carbonyl (C=O) groups is 1. The summed E-state index contributed by atoms with van der Waals surface area (Å²) in [5.74, 6) is -0.205. The number of nitrogens with one attached hydrogen (secondary N) is 1. The summed E-state index contributed by atoms with van der Waals surface area (Å²) in [5.41, 5.74) is 0.728. The predicted octanol–water partition coefficient (Wildman–Crippen LogP) is 3.00. The molecule has 1 heterocycles. The highest BCUT2D eigenvalue weighted by Gasteiger charge is 2.24. The maximum Gasteiger partial charge on any atom is 0.261 e. The smallest absolute Gasteiger partial charge is 0.261 e. The van der Waals surface area contributed by atoms with Crippen molar-refractivity contribution >= 4 is 33.2 Å². The Labute approximate surface area is 157 Å². The summed E-state index contributed by atoms with van der Waals surface area (Å²) in [4.78, 5) is 14.4. The van der Waals surface area contributed by atoms with Gasteiger partial charge in [0.25, 0.3) is 15.9 Å². The summed E-state index contributed by atoms with van der Waals surface area (Å²) in [5, 5.41) is 0.514. The van der Waals surface area contributed by atoms with Crippen molar-refractivity contribution in [1.82, 2.24) is 4.90 Å². The van der Waals surface area contributed by atoms with Crippen molar-refractivity contribution in [2.24, 2.45) is 0 Å². The first kappa shape index (κ1) is 18.7. The molecule has 0 aliphatic carbocycles. The van der Waals surface area contributed by atoms with Crippen LogP contribution in [0, 0.1) is 0 Å². The van der Waals surface area contributed by atoms with Gasteiger partial charge in [0, 0.05) is 29.4 Å². The zero-order chi connectivity index (χ0) is 18.7. The molecule has 1 fully saturated rings. The van der Waals surface area contributed by atoms with E-state index in [-0.39, 0.29) is 16.9 Å². The van der Waals surface area contributed by atoms with E-state index >= 15 is 0 Å². The number of nitrogens with zero attached hydrogens (tertiary/aromatic N) is 1. The number of halogens is 1. The van der Waals surface area contributed by atoms with E-state index in [4.69, 9.17) is 16.3 Å². The van der Waals surface area contributed by atoms with Gasteiger partial charge in [-0.15, -0.1) is 0 Å². The molecule has 0 radical (unpaired) electrons. The van der Waals surface area contributed by atoms with Crippen LogP contribution < -0.4 is 4.72 Å². The molecule has 1 saturated heterocycles. The van der Waals surface area contributed by atoms with Gasteiger partial charge in [-0.05, 0) is 49.4 Å². The third kappa shape index (κ3) is 4.35. The summed E-state index contributed by atoms with van der Waals surface area (Å²) in [6.45, 7) is 3.35. The molecule has 3 rings (SSSR count). The van der Waals surface area contributed by atoms with Crippen molar-refractivity contribution in [3.05, 3.63) is 59.1 Å². The van der Waals surface area contributed by atoms with Gasteiger partial charge in [0.05, 0.1) is 17.6 Å². The molecule has 1 aliphatic heterocycles. The Hall–Kier alpha value is -2.09. The summed E-state index contributed by atoms with van der Waals surface area (Å²) < 4.78 is 33.1. The molecule has 1 unspecified atom stereocenters. The van der Waals surface area contributed by atoms with Crippen LogP contribution in [0.4, 0.5) is 5.69 Å². The number of sulfonamides is 1. The van der Waals surface area contributed by atoms with Crippen molar-refractivity contribution in [2.45, 2.75) is 17.9 Å². The normalized spacial score (nSPS) is 17.8. The van der Waals surface area contributed by atoms with Crippen LogP contribution in [-0.4, -0.2) is 45.0 Å². The highest BCUT2D eigenvalue weighted by molar-refractivity contribution is 7.92. The molecule has 0 aromatic heterocycles. The van der Waals surface area contributed by atoms with Gasteiger partial charge < -0.3 is 9.64 Å². The van der Waals surface area contributed by atoms with Crippen molar-refractivity contribution < 1.29 is 17.9 Å². The van der Waals surface area contributed by atoms with Gasteiger partial charge in [-0.3, -0.25) is 9.52 Å². The van der Waals surface area contributed by atoms with Gasteiger partial charge >= 0.3 is 0 Å². The number of carbonyl (C=O) groups excluding carboxylic acids is 1. The van der Waals surface area contributed by atoms with Gasteiger partial charge in [0.15, 0.2) is 0 Å². The molecule has 1 aliphatic rings. The topological polar surface area (TPSA) is 75.7 Å². The predicted molar refractivity (Wildman–Crippen MR) is 100 cm³/mol. The molecule has 2 aromatic carbocycles. The summed E-state index contributed by atoms with van der Waals surface area (Å²) in [6.07, 6.45) is -0.0359. The Kier molecular flexibility index (Phi) is 5.50. The van der Waals surface area contributed by atoms with Gasteiger partial charge in [0.1, 0.15) is 0 Å². The van der Waals surface area contributed by atoms with E-state index in [1.807, 2.05) is 6.92 Å². The quantitative estimate of drug-likeness (QED) is 0.864. The van der Waals surface area contributed by atoms with Crippen LogP contribution >= 0.6 is 11.6 Å². The monoisotopic (exact) mass is 394 g/mol. The average molecular weight is 395 g/mol. The van der Waals surface area contributed by atoms with E-state index in [9.17, 15) is 13.2 Å². The molecule has 2 aromatic rings. The Morgan fingerprint density at radius 3 is 2.65 bits per heavy atom. The fraction of sp³-hybridized carbons (Fsp3) is 0.278. The number of rotatable bonds is 4. The first-order chi connectivity index (χ1) is 12.3. The number of ether oxygens (including phenoxy) is 1. The fourth-order valence-electron chi connectivity index (χ4n) is 2.71. The zero-order valence-electron chi connectivity index (χ0n) is 14.2. The molecule has 0 spiro atoms. The number of hydrogen-bond donors (Lipinski definition) is 1.